The van der Waals surface area contributed by atoms with Crippen molar-refractivity contribution < 1.29 is 4.79 Å². The van der Waals surface area contributed by atoms with Crippen molar-refractivity contribution in [3.63, 3.8) is 0 Å². The summed E-state index contributed by atoms with van der Waals surface area (Å²) in [5.41, 5.74) is 5.86. The van der Waals surface area contributed by atoms with E-state index >= 15 is 0 Å². The maximum atomic E-state index is 12.2. The average Bonchev–Trinajstić information content (AvgIpc) is 2.87. The van der Waals surface area contributed by atoms with Crippen LogP contribution < -0.4 is 5.73 Å². The van der Waals surface area contributed by atoms with Gasteiger partial charge in [0.25, 0.3) is 5.91 Å². The molecule has 1 amide bonds. The quantitative estimate of drug-likeness (QED) is 0.845. The van der Waals surface area contributed by atoms with Gasteiger partial charge in [-0.05, 0) is 6.42 Å². The molecule has 1 atom stereocenters. The Morgan fingerprint density at radius 1 is 1.67 bits per heavy atom. The summed E-state index contributed by atoms with van der Waals surface area (Å²) in [5.74, 6) is 0.985. The summed E-state index contributed by atoms with van der Waals surface area (Å²) in [5, 5.41) is 8.36. The van der Waals surface area contributed by atoms with Crippen molar-refractivity contribution in [2.75, 3.05) is 25.4 Å². The molecule has 1 unspecified atom stereocenters. The first-order chi connectivity index (χ1) is 8.74. The number of nitrogens with two attached hydrogens (primary N) is 1. The van der Waals surface area contributed by atoms with Crippen LogP contribution >= 0.6 is 11.8 Å². The van der Waals surface area contributed by atoms with Crippen LogP contribution in [0.25, 0.3) is 0 Å². The van der Waals surface area contributed by atoms with E-state index in [0.717, 1.165) is 25.3 Å². The summed E-state index contributed by atoms with van der Waals surface area (Å²) >= 11 is 1.94. The normalized spacial score (nSPS) is 20.1. The Hall–Kier alpha value is -1.08. The van der Waals surface area contributed by atoms with Gasteiger partial charge in [0.2, 0.25) is 0 Å². The lowest BCUT2D eigenvalue weighted by atomic mass is 10.2. The average molecular weight is 269 g/mol. The Balaban J connectivity index is 2.00. The molecule has 7 heteroatoms. The van der Waals surface area contributed by atoms with Crippen molar-refractivity contribution in [3.05, 3.63) is 11.9 Å². The lowest BCUT2D eigenvalue weighted by Gasteiger charge is -2.31. The van der Waals surface area contributed by atoms with E-state index in [4.69, 9.17) is 5.73 Å². The first-order valence-electron chi connectivity index (χ1n) is 6.25. The molecule has 0 saturated carbocycles. The zero-order chi connectivity index (χ0) is 13.0. The zero-order valence-corrected chi connectivity index (χ0v) is 11.4. The number of hydrogen-bond acceptors (Lipinski definition) is 5. The molecule has 0 bridgehead atoms. The minimum atomic E-state index is -0.0166. The molecule has 0 radical (unpaired) electrons. The number of carbonyl (C=O) groups is 1. The van der Waals surface area contributed by atoms with E-state index in [1.807, 2.05) is 16.7 Å². The third-order valence-electron chi connectivity index (χ3n) is 3.00. The first kappa shape index (κ1) is 13.4. The van der Waals surface area contributed by atoms with Gasteiger partial charge in [0.05, 0.1) is 12.7 Å². The fourth-order valence-electron chi connectivity index (χ4n) is 1.95. The molecule has 1 saturated heterocycles. The summed E-state index contributed by atoms with van der Waals surface area (Å²) in [7, 11) is 0. The lowest BCUT2D eigenvalue weighted by molar-refractivity contribution is 0.0755. The standard InChI is InChI=1S/C11H19N5OS/c1-2-9-7-15(5-6-18-9)11(17)10-8-16(4-3-12)14-13-10/h8-9H,2-7,12H2,1H3. The molecule has 100 valence electrons. The van der Waals surface area contributed by atoms with Crippen LogP contribution in [0.4, 0.5) is 0 Å². The van der Waals surface area contributed by atoms with Gasteiger partial charge in [0.15, 0.2) is 5.69 Å². The number of carbonyl (C=O) groups excluding carboxylic acids is 1. The van der Waals surface area contributed by atoms with Gasteiger partial charge in [-0.3, -0.25) is 9.48 Å². The molecule has 18 heavy (non-hydrogen) atoms. The van der Waals surface area contributed by atoms with Crippen molar-refractivity contribution in [2.45, 2.75) is 25.1 Å². The van der Waals surface area contributed by atoms with Crippen LogP contribution in [0.1, 0.15) is 23.8 Å². The Labute approximate surface area is 111 Å². The van der Waals surface area contributed by atoms with E-state index in [2.05, 4.69) is 17.2 Å². The fourth-order valence-corrected chi connectivity index (χ4v) is 3.13. The van der Waals surface area contributed by atoms with E-state index in [9.17, 15) is 4.79 Å². The third-order valence-corrected chi connectivity index (χ3v) is 4.37. The van der Waals surface area contributed by atoms with Gasteiger partial charge < -0.3 is 10.6 Å². The lowest BCUT2D eigenvalue weighted by Crippen LogP contribution is -2.41. The minimum absolute atomic E-state index is 0.0166. The number of nitrogens with zero attached hydrogens (tertiary/aromatic N) is 4. The molecule has 0 aliphatic carbocycles. The van der Waals surface area contributed by atoms with Crippen molar-refractivity contribution in [1.82, 2.24) is 19.9 Å². The second-order valence-corrected chi connectivity index (χ2v) is 5.72. The molecule has 1 aliphatic heterocycles. The molecule has 1 aromatic rings. The van der Waals surface area contributed by atoms with E-state index in [1.54, 1.807) is 10.9 Å². The summed E-state index contributed by atoms with van der Waals surface area (Å²) in [4.78, 5) is 14.1. The zero-order valence-electron chi connectivity index (χ0n) is 10.6. The Morgan fingerprint density at radius 3 is 3.22 bits per heavy atom. The Kier molecular flexibility index (Phi) is 4.60. The highest BCUT2D eigenvalue weighted by Gasteiger charge is 2.25. The monoisotopic (exact) mass is 269 g/mol. The number of rotatable bonds is 4. The van der Waals surface area contributed by atoms with Crippen LogP contribution in [0.3, 0.4) is 0 Å². The third kappa shape index (κ3) is 3.02. The van der Waals surface area contributed by atoms with Gasteiger partial charge >= 0.3 is 0 Å². The van der Waals surface area contributed by atoms with Crippen molar-refractivity contribution >= 4 is 17.7 Å². The van der Waals surface area contributed by atoms with Crippen molar-refractivity contribution in [1.29, 1.82) is 0 Å². The van der Waals surface area contributed by atoms with Gasteiger partial charge in [-0.15, -0.1) is 5.10 Å². The summed E-state index contributed by atoms with van der Waals surface area (Å²) in [6.07, 6.45) is 2.77. The minimum Gasteiger partial charge on any atom is -0.335 e. The molecule has 2 N–H and O–H groups in total. The Morgan fingerprint density at radius 2 is 2.50 bits per heavy atom. The molecule has 2 rings (SSSR count). The highest BCUT2D eigenvalue weighted by atomic mass is 32.2. The van der Waals surface area contributed by atoms with Gasteiger partial charge in [0, 0.05) is 30.6 Å². The number of aromatic nitrogens is 3. The molecular weight excluding hydrogens is 250 g/mol. The summed E-state index contributed by atoms with van der Waals surface area (Å²) < 4.78 is 1.61. The highest BCUT2D eigenvalue weighted by molar-refractivity contribution is 8.00. The van der Waals surface area contributed by atoms with E-state index in [1.165, 1.54) is 0 Å². The number of thioether (sulfide) groups is 1. The van der Waals surface area contributed by atoms with Crippen LogP contribution in [-0.4, -0.2) is 56.4 Å². The van der Waals surface area contributed by atoms with Gasteiger partial charge in [-0.1, -0.05) is 12.1 Å². The predicted octanol–water partition coefficient (Wildman–Crippen LogP) is 0.204. The van der Waals surface area contributed by atoms with Crippen LogP contribution in [0.5, 0.6) is 0 Å². The fraction of sp³-hybridized carbons (Fsp3) is 0.727. The van der Waals surface area contributed by atoms with Crippen LogP contribution in [0, 0.1) is 0 Å². The molecule has 0 spiro atoms. The first-order valence-corrected chi connectivity index (χ1v) is 7.30. The van der Waals surface area contributed by atoms with E-state index in [-0.39, 0.29) is 5.91 Å². The Bertz CT molecular complexity index is 408. The van der Waals surface area contributed by atoms with Crippen LogP contribution in [-0.2, 0) is 6.54 Å². The molecule has 1 aromatic heterocycles. The smallest absolute Gasteiger partial charge is 0.276 e. The maximum Gasteiger partial charge on any atom is 0.276 e. The second-order valence-electron chi connectivity index (χ2n) is 4.31. The predicted molar refractivity (Wildman–Crippen MR) is 71.5 cm³/mol. The molecule has 6 nitrogen and oxygen atoms in total. The van der Waals surface area contributed by atoms with E-state index in [0.29, 0.717) is 24.0 Å². The topological polar surface area (TPSA) is 77.0 Å². The van der Waals surface area contributed by atoms with Gasteiger partial charge in [0.1, 0.15) is 0 Å². The van der Waals surface area contributed by atoms with E-state index < -0.39 is 0 Å². The second kappa shape index (κ2) is 6.19. The number of amides is 1. The molecule has 2 heterocycles. The highest BCUT2D eigenvalue weighted by Crippen LogP contribution is 2.21. The summed E-state index contributed by atoms with van der Waals surface area (Å²) in [6, 6.07) is 0. The molecule has 1 aliphatic rings. The van der Waals surface area contributed by atoms with Gasteiger partial charge in [-0.2, -0.15) is 11.8 Å². The molecule has 1 fully saturated rings. The SMILES string of the molecule is CCC1CN(C(=O)c2cn(CCN)nn2)CCS1. The van der Waals surface area contributed by atoms with Crippen LogP contribution in [0.15, 0.2) is 6.20 Å². The summed E-state index contributed by atoms with van der Waals surface area (Å²) in [6.45, 7) is 4.85. The van der Waals surface area contributed by atoms with Crippen molar-refractivity contribution in [3.8, 4) is 0 Å². The van der Waals surface area contributed by atoms with Gasteiger partial charge in [-0.25, -0.2) is 0 Å². The maximum absolute atomic E-state index is 12.2. The number of hydrogen-bond donors (Lipinski definition) is 1. The molecular formula is C11H19N5OS. The van der Waals surface area contributed by atoms with Crippen LogP contribution in [0.2, 0.25) is 0 Å². The molecule has 0 aromatic carbocycles. The largest absolute Gasteiger partial charge is 0.335 e. The van der Waals surface area contributed by atoms with Crippen molar-refractivity contribution in [2.24, 2.45) is 5.73 Å².